The standard InChI is InChI=1S/C10H21NO3S/c1-8-4-9(15(3,12)13)5-10(8,6-11)7-14-2/h8-9H,4-7,11H2,1-3H3/t8-,9-,10-/m0/s1. The van der Waals surface area contributed by atoms with Gasteiger partial charge in [-0.3, -0.25) is 0 Å². The quantitative estimate of drug-likeness (QED) is 0.767. The highest BCUT2D eigenvalue weighted by atomic mass is 32.2. The topological polar surface area (TPSA) is 69.4 Å². The molecule has 0 aliphatic heterocycles. The average molecular weight is 235 g/mol. The van der Waals surface area contributed by atoms with E-state index < -0.39 is 9.84 Å². The van der Waals surface area contributed by atoms with Crippen LogP contribution in [0.5, 0.6) is 0 Å². The van der Waals surface area contributed by atoms with Crippen molar-refractivity contribution in [3.8, 4) is 0 Å². The molecule has 0 radical (unpaired) electrons. The van der Waals surface area contributed by atoms with Crippen LogP contribution in [0.15, 0.2) is 0 Å². The largest absolute Gasteiger partial charge is 0.384 e. The van der Waals surface area contributed by atoms with Gasteiger partial charge < -0.3 is 10.5 Å². The highest BCUT2D eigenvalue weighted by Crippen LogP contribution is 2.45. The molecule has 1 saturated carbocycles. The Balaban J connectivity index is 2.86. The van der Waals surface area contributed by atoms with Gasteiger partial charge in [-0.15, -0.1) is 0 Å². The third-order valence-corrected chi connectivity index (χ3v) is 5.31. The lowest BCUT2D eigenvalue weighted by atomic mass is 9.80. The molecule has 1 rings (SSSR count). The fourth-order valence-corrected chi connectivity index (χ4v) is 3.81. The second-order valence-electron chi connectivity index (χ2n) is 4.79. The molecule has 1 fully saturated rings. The van der Waals surface area contributed by atoms with Crippen molar-refractivity contribution in [2.45, 2.75) is 25.0 Å². The molecule has 0 aromatic carbocycles. The van der Waals surface area contributed by atoms with Gasteiger partial charge in [-0.05, 0) is 18.8 Å². The monoisotopic (exact) mass is 235 g/mol. The van der Waals surface area contributed by atoms with Crippen LogP contribution in [0.3, 0.4) is 0 Å². The van der Waals surface area contributed by atoms with Crippen molar-refractivity contribution in [1.29, 1.82) is 0 Å². The zero-order chi connectivity index (χ0) is 11.7. The lowest BCUT2D eigenvalue weighted by Crippen LogP contribution is -2.37. The molecule has 0 unspecified atom stereocenters. The van der Waals surface area contributed by atoms with Gasteiger partial charge in [-0.1, -0.05) is 6.92 Å². The molecule has 5 heteroatoms. The molecule has 0 aromatic heterocycles. The predicted molar refractivity (Wildman–Crippen MR) is 60.4 cm³/mol. The van der Waals surface area contributed by atoms with E-state index in [9.17, 15) is 8.42 Å². The lowest BCUT2D eigenvalue weighted by Gasteiger charge is -2.31. The molecule has 15 heavy (non-hydrogen) atoms. The van der Waals surface area contributed by atoms with Gasteiger partial charge in [0.1, 0.15) is 9.84 Å². The summed E-state index contributed by atoms with van der Waals surface area (Å²) in [5.41, 5.74) is 5.63. The Morgan fingerprint density at radius 1 is 1.53 bits per heavy atom. The smallest absolute Gasteiger partial charge is 0.150 e. The molecule has 0 bridgehead atoms. The number of hydrogen-bond acceptors (Lipinski definition) is 4. The van der Waals surface area contributed by atoms with Crippen LogP contribution in [0.2, 0.25) is 0 Å². The molecule has 4 nitrogen and oxygen atoms in total. The predicted octanol–water partition coefficient (Wildman–Crippen LogP) is 0.421. The van der Waals surface area contributed by atoms with E-state index in [0.29, 0.717) is 31.9 Å². The summed E-state index contributed by atoms with van der Waals surface area (Å²) < 4.78 is 28.2. The second-order valence-corrected chi connectivity index (χ2v) is 7.12. The number of rotatable bonds is 4. The van der Waals surface area contributed by atoms with E-state index in [2.05, 4.69) is 6.92 Å². The molecule has 1 aliphatic carbocycles. The summed E-state index contributed by atoms with van der Waals surface area (Å²) in [4.78, 5) is 0. The van der Waals surface area contributed by atoms with Gasteiger partial charge >= 0.3 is 0 Å². The number of sulfone groups is 1. The first kappa shape index (κ1) is 12.9. The van der Waals surface area contributed by atoms with Crippen LogP contribution < -0.4 is 5.73 Å². The zero-order valence-corrected chi connectivity index (χ0v) is 10.5. The second kappa shape index (κ2) is 4.39. The molecular formula is C10H21NO3S. The first-order chi connectivity index (χ1) is 6.85. The summed E-state index contributed by atoms with van der Waals surface area (Å²) in [7, 11) is -1.31. The Morgan fingerprint density at radius 2 is 2.13 bits per heavy atom. The van der Waals surface area contributed by atoms with Crippen LogP contribution in [0.1, 0.15) is 19.8 Å². The van der Waals surface area contributed by atoms with E-state index in [4.69, 9.17) is 10.5 Å². The third kappa shape index (κ3) is 2.52. The maximum Gasteiger partial charge on any atom is 0.150 e. The molecule has 0 aromatic rings. The van der Waals surface area contributed by atoms with Gasteiger partial charge in [0.25, 0.3) is 0 Å². The highest BCUT2D eigenvalue weighted by Gasteiger charge is 2.47. The van der Waals surface area contributed by atoms with Gasteiger partial charge in [0, 0.05) is 25.3 Å². The van der Waals surface area contributed by atoms with Gasteiger partial charge in [0.2, 0.25) is 0 Å². The molecule has 90 valence electrons. The molecular weight excluding hydrogens is 214 g/mol. The SMILES string of the molecule is COC[C@@]1(CN)C[C@@H](S(C)(=O)=O)C[C@@H]1C. The molecule has 0 saturated heterocycles. The van der Waals surface area contributed by atoms with E-state index in [-0.39, 0.29) is 10.7 Å². The van der Waals surface area contributed by atoms with Crippen molar-refractivity contribution in [2.24, 2.45) is 17.1 Å². The van der Waals surface area contributed by atoms with Crippen molar-refractivity contribution in [3.05, 3.63) is 0 Å². The fraction of sp³-hybridized carbons (Fsp3) is 1.00. The van der Waals surface area contributed by atoms with E-state index in [1.54, 1.807) is 7.11 Å². The van der Waals surface area contributed by atoms with E-state index in [1.807, 2.05) is 0 Å². The number of hydrogen-bond donors (Lipinski definition) is 1. The maximum absolute atomic E-state index is 11.5. The summed E-state index contributed by atoms with van der Waals surface area (Å²) in [6, 6.07) is 0. The molecule has 1 aliphatic rings. The fourth-order valence-electron chi connectivity index (χ4n) is 2.54. The van der Waals surface area contributed by atoms with E-state index in [1.165, 1.54) is 6.26 Å². The van der Waals surface area contributed by atoms with Crippen molar-refractivity contribution < 1.29 is 13.2 Å². The minimum absolute atomic E-state index is 0.150. The van der Waals surface area contributed by atoms with Gasteiger partial charge in [-0.2, -0.15) is 0 Å². The minimum atomic E-state index is -2.95. The van der Waals surface area contributed by atoms with Crippen LogP contribution in [0, 0.1) is 11.3 Å². The summed E-state index contributed by atoms with van der Waals surface area (Å²) in [6.45, 7) is 3.11. The van der Waals surface area contributed by atoms with Crippen LogP contribution >= 0.6 is 0 Å². The van der Waals surface area contributed by atoms with Crippen LogP contribution in [-0.2, 0) is 14.6 Å². The van der Waals surface area contributed by atoms with Crippen LogP contribution in [0.25, 0.3) is 0 Å². The third-order valence-electron chi connectivity index (χ3n) is 3.74. The van der Waals surface area contributed by atoms with Crippen molar-refractivity contribution >= 4 is 9.84 Å². The van der Waals surface area contributed by atoms with Crippen LogP contribution in [-0.4, -0.2) is 40.2 Å². The molecule has 2 N–H and O–H groups in total. The zero-order valence-electron chi connectivity index (χ0n) is 9.69. The summed E-state index contributed by atoms with van der Waals surface area (Å²) in [5.74, 6) is 0.308. The molecule has 0 amide bonds. The molecule has 0 heterocycles. The summed E-state index contributed by atoms with van der Waals surface area (Å²) in [5, 5.41) is -0.244. The van der Waals surface area contributed by atoms with Crippen molar-refractivity contribution in [3.63, 3.8) is 0 Å². The van der Waals surface area contributed by atoms with Gasteiger partial charge in [0.15, 0.2) is 0 Å². The Kier molecular flexibility index (Phi) is 3.79. The first-order valence-corrected chi connectivity index (χ1v) is 7.19. The van der Waals surface area contributed by atoms with Crippen molar-refractivity contribution in [2.75, 3.05) is 26.5 Å². The number of nitrogens with two attached hydrogens (primary N) is 1. The Bertz CT molecular complexity index is 315. The lowest BCUT2D eigenvalue weighted by molar-refractivity contribution is 0.0610. The van der Waals surface area contributed by atoms with Gasteiger partial charge in [-0.25, -0.2) is 8.42 Å². The number of methoxy groups -OCH3 is 1. The van der Waals surface area contributed by atoms with Crippen LogP contribution in [0.4, 0.5) is 0 Å². The average Bonchev–Trinajstić information content (AvgIpc) is 2.45. The summed E-state index contributed by atoms with van der Waals surface area (Å²) >= 11 is 0. The van der Waals surface area contributed by atoms with E-state index in [0.717, 1.165) is 0 Å². The van der Waals surface area contributed by atoms with Crippen molar-refractivity contribution in [1.82, 2.24) is 0 Å². The van der Waals surface area contributed by atoms with Gasteiger partial charge in [0.05, 0.1) is 11.9 Å². The Labute approximate surface area is 92.1 Å². The Hall–Kier alpha value is -0.130. The summed E-state index contributed by atoms with van der Waals surface area (Å²) in [6.07, 6.45) is 2.65. The molecule has 3 atom stereocenters. The van der Waals surface area contributed by atoms with E-state index >= 15 is 0 Å². The normalized spacial score (nSPS) is 37.1. The molecule has 0 spiro atoms. The maximum atomic E-state index is 11.5. The highest BCUT2D eigenvalue weighted by molar-refractivity contribution is 7.91. The number of ether oxygens (including phenoxy) is 1. The first-order valence-electron chi connectivity index (χ1n) is 5.23. The Morgan fingerprint density at radius 3 is 2.47 bits per heavy atom. The minimum Gasteiger partial charge on any atom is -0.384 e.